The third kappa shape index (κ3) is 2.05. The molecule has 3 N–H and O–H groups in total. The minimum absolute atomic E-state index is 0.0129. The summed E-state index contributed by atoms with van der Waals surface area (Å²) in [5, 5.41) is 7.45. The number of benzene rings is 2. The van der Waals surface area contributed by atoms with Crippen LogP contribution < -0.4 is 10.6 Å². The van der Waals surface area contributed by atoms with Gasteiger partial charge in [-0.1, -0.05) is 30.3 Å². The first kappa shape index (κ1) is 12.0. The van der Waals surface area contributed by atoms with Crippen molar-refractivity contribution in [1.82, 2.24) is 4.98 Å². The number of carbonyl (C=O) groups excluding carboxylic acids is 1. The number of H-pyrrole nitrogens is 1. The number of rotatable bonds is 2. The van der Waals surface area contributed by atoms with Gasteiger partial charge in [0.1, 0.15) is 6.04 Å². The molecule has 3 aromatic rings. The molecule has 0 aliphatic carbocycles. The lowest BCUT2D eigenvalue weighted by Crippen LogP contribution is -2.40. The average molecular weight is 277 g/mol. The van der Waals surface area contributed by atoms with Crippen molar-refractivity contribution in [3.8, 4) is 0 Å². The minimum Gasteiger partial charge on any atom is -0.372 e. The molecular weight excluding hydrogens is 262 g/mol. The minimum atomic E-state index is -0.251. The van der Waals surface area contributed by atoms with E-state index < -0.39 is 0 Å². The summed E-state index contributed by atoms with van der Waals surface area (Å²) in [5.74, 6) is 0.0129. The number of amides is 1. The zero-order valence-electron chi connectivity index (χ0n) is 11.4. The molecule has 4 heteroatoms. The topological polar surface area (TPSA) is 56.9 Å². The molecule has 0 saturated carbocycles. The van der Waals surface area contributed by atoms with E-state index in [1.54, 1.807) is 0 Å². The molecular formula is C17H15N3O. The van der Waals surface area contributed by atoms with Gasteiger partial charge in [-0.05, 0) is 23.8 Å². The number of fused-ring (bicyclic) bond motifs is 2. The van der Waals surface area contributed by atoms with E-state index in [0.29, 0.717) is 6.42 Å². The van der Waals surface area contributed by atoms with Crippen LogP contribution in [0.15, 0.2) is 54.7 Å². The van der Waals surface area contributed by atoms with Crippen molar-refractivity contribution in [2.75, 3.05) is 10.6 Å². The quantitative estimate of drug-likeness (QED) is 0.674. The first-order chi connectivity index (χ1) is 10.3. The highest BCUT2D eigenvalue weighted by Gasteiger charge is 2.25. The fourth-order valence-corrected chi connectivity index (χ4v) is 2.86. The van der Waals surface area contributed by atoms with E-state index in [4.69, 9.17) is 0 Å². The third-order valence-electron chi connectivity index (χ3n) is 3.93. The SMILES string of the molecule is O=C1Nc2ccccc2NC1Cc1c[nH]c2ccccc12. The molecule has 4 rings (SSSR count). The first-order valence-corrected chi connectivity index (χ1v) is 7.03. The second kappa shape index (κ2) is 4.66. The van der Waals surface area contributed by atoms with Gasteiger partial charge in [0.05, 0.1) is 11.4 Å². The summed E-state index contributed by atoms with van der Waals surface area (Å²) in [6.45, 7) is 0. The zero-order chi connectivity index (χ0) is 14.2. The van der Waals surface area contributed by atoms with Crippen LogP contribution in [0.4, 0.5) is 11.4 Å². The Morgan fingerprint density at radius 3 is 2.62 bits per heavy atom. The zero-order valence-corrected chi connectivity index (χ0v) is 11.4. The van der Waals surface area contributed by atoms with Crippen molar-refractivity contribution in [1.29, 1.82) is 0 Å². The standard InChI is InChI=1S/C17H15N3O/c21-17-16(19-14-7-3-4-8-15(14)20-17)9-11-10-18-13-6-2-1-5-12(11)13/h1-8,10,16,18-19H,9H2,(H,20,21). The Balaban J connectivity index is 1.64. The van der Waals surface area contributed by atoms with Gasteiger partial charge in [-0.3, -0.25) is 4.79 Å². The summed E-state index contributed by atoms with van der Waals surface area (Å²) in [4.78, 5) is 15.5. The lowest BCUT2D eigenvalue weighted by molar-refractivity contribution is -0.117. The Bertz CT molecular complexity index is 822. The molecule has 1 amide bonds. The van der Waals surface area contributed by atoms with Crippen LogP contribution in [-0.4, -0.2) is 16.9 Å². The first-order valence-electron chi connectivity index (χ1n) is 7.03. The molecule has 0 saturated heterocycles. The fourth-order valence-electron chi connectivity index (χ4n) is 2.86. The molecule has 21 heavy (non-hydrogen) atoms. The number of anilines is 2. The predicted octanol–water partition coefficient (Wildman–Crippen LogP) is 3.14. The fraction of sp³-hybridized carbons (Fsp3) is 0.118. The molecule has 2 aromatic carbocycles. The van der Waals surface area contributed by atoms with E-state index in [-0.39, 0.29) is 11.9 Å². The summed E-state index contributed by atoms with van der Waals surface area (Å²) in [6, 6.07) is 15.7. The van der Waals surface area contributed by atoms with Crippen LogP contribution in [0.25, 0.3) is 10.9 Å². The number of hydrogen-bond donors (Lipinski definition) is 3. The van der Waals surface area contributed by atoms with Gasteiger partial charge in [-0.2, -0.15) is 0 Å². The van der Waals surface area contributed by atoms with Crippen LogP contribution in [0.1, 0.15) is 5.56 Å². The van der Waals surface area contributed by atoms with E-state index in [1.807, 2.05) is 48.7 Å². The number of aromatic amines is 1. The lowest BCUT2D eigenvalue weighted by Gasteiger charge is -2.26. The van der Waals surface area contributed by atoms with E-state index >= 15 is 0 Å². The van der Waals surface area contributed by atoms with Gasteiger partial charge in [0.15, 0.2) is 0 Å². The molecule has 0 spiro atoms. The van der Waals surface area contributed by atoms with Crippen molar-refractivity contribution >= 4 is 28.2 Å². The number of hydrogen-bond acceptors (Lipinski definition) is 2. The molecule has 0 radical (unpaired) electrons. The van der Waals surface area contributed by atoms with Gasteiger partial charge in [-0.15, -0.1) is 0 Å². The molecule has 4 nitrogen and oxygen atoms in total. The second-order valence-electron chi connectivity index (χ2n) is 5.30. The summed E-state index contributed by atoms with van der Waals surface area (Å²) in [6.07, 6.45) is 2.64. The van der Waals surface area contributed by atoms with Gasteiger partial charge >= 0.3 is 0 Å². The average Bonchev–Trinajstić information content (AvgIpc) is 2.91. The van der Waals surface area contributed by atoms with Crippen molar-refractivity contribution in [3.05, 3.63) is 60.3 Å². The number of aromatic nitrogens is 1. The summed E-state index contributed by atoms with van der Waals surface area (Å²) in [7, 11) is 0. The van der Waals surface area contributed by atoms with Crippen LogP contribution in [0.3, 0.4) is 0 Å². The molecule has 1 aliphatic heterocycles. The highest BCUT2D eigenvalue weighted by Crippen LogP contribution is 2.28. The summed E-state index contributed by atoms with van der Waals surface area (Å²) >= 11 is 0. The highest BCUT2D eigenvalue weighted by molar-refractivity contribution is 6.03. The molecule has 0 bridgehead atoms. The van der Waals surface area contributed by atoms with Gasteiger partial charge < -0.3 is 15.6 Å². The van der Waals surface area contributed by atoms with Crippen molar-refractivity contribution in [2.45, 2.75) is 12.5 Å². The van der Waals surface area contributed by atoms with Gasteiger partial charge in [-0.25, -0.2) is 0 Å². The molecule has 1 atom stereocenters. The Morgan fingerprint density at radius 1 is 0.952 bits per heavy atom. The van der Waals surface area contributed by atoms with Crippen LogP contribution >= 0.6 is 0 Å². The van der Waals surface area contributed by atoms with Gasteiger partial charge in [0, 0.05) is 23.5 Å². The van der Waals surface area contributed by atoms with Crippen LogP contribution in [-0.2, 0) is 11.2 Å². The Kier molecular flexibility index (Phi) is 2.67. The molecule has 1 unspecified atom stereocenters. The highest BCUT2D eigenvalue weighted by atomic mass is 16.2. The van der Waals surface area contributed by atoms with E-state index in [2.05, 4.69) is 21.7 Å². The van der Waals surface area contributed by atoms with Gasteiger partial charge in [0.25, 0.3) is 0 Å². The van der Waals surface area contributed by atoms with E-state index in [1.165, 1.54) is 5.39 Å². The number of carbonyl (C=O) groups is 1. The smallest absolute Gasteiger partial charge is 0.247 e. The Morgan fingerprint density at radius 2 is 1.71 bits per heavy atom. The van der Waals surface area contributed by atoms with Crippen molar-refractivity contribution in [3.63, 3.8) is 0 Å². The maximum absolute atomic E-state index is 12.2. The predicted molar refractivity (Wildman–Crippen MR) is 84.5 cm³/mol. The number of para-hydroxylation sites is 3. The van der Waals surface area contributed by atoms with E-state index in [9.17, 15) is 4.79 Å². The normalized spacial score (nSPS) is 17.1. The van der Waals surface area contributed by atoms with Crippen LogP contribution in [0, 0.1) is 0 Å². The molecule has 1 aromatic heterocycles. The molecule has 2 heterocycles. The Hall–Kier alpha value is -2.75. The van der Waals surface area contributed by atoms with Crippen molar-refractivity contribution in [2.24, 2.45) is 0 Å². The Labute approximate surface area is 122 Å². The second-order valence-corrected chi connectivity index (χ2v) is 5.30. The maximum Gasteiger partial charge on any atom is 0.247 e. The maximum atomic E-state index is 12.2. The van der Waals surface area contributed by atoms with Gasteiger partial charge in [0.2, 0.25) is 5.91 Å². The van der Waals surface area contributed by atoms with E-state index in [0.717, 1.165) is 22.5 Å². The molecule has 0 fully saturated rings. The largest absolute Gasteiger partial charge is 0.372 e. The summed E-state index contributed by atoms with van der Waals surface area (Å²) in [5.41, 5.74) is 4.07. The van der Waals surface area contributed by atoms with Crippen molar-refractivity contribution < 1.29 is 4.79 Å². The number of nitrogens with one attached hydrogen (secondary N) is 3. The van der Waals surface area contributed by atoms with Crippen LogP contribution in [0.5, 0.6) is 0 Å². The lowest BCUT2D eigenvalue weighted by atomic mass is 10.0. The van der Waals surface area contributed by atoms with Crippen LogP contribution in [0.2, 0.25) is 0 Å². The third-order valence-corrected chi connectivity index (χ3v) is 3.93. The molecule has 1 aliphatic rings. The monoisotopic (exact) mass is 277 g/mol. The summed E-state index contributed by atoms with van der Waals surface area (Å²) < 4.78 is 0. The molecule has 104 valence electrons.